The largest absolute Gasteiger partial charge is 0.222 e. The summed E-state index contributed by atoms with van der Waals surface area (Å²) in [5.41, 5.74) is 4.04. The SMILES string of the molecule is Cc1cccc(-n2nc(C(C)C)c(CCl)c2Cl)c1. The number of halogens is 2. The Kier molecular flexibility index (Phi) is 3.98. The maximum absolute atomic E-state index is 6.38. The van der Waals surface area contributed by atoms with E-state index in [-0.39, 0.29) is 0 Å². The molecule has 0 aliphatic rings. The third kappa shape index (κ3) is 2.40. The van der Waals surface area contributed by atoms with Crippen molar-refractivity contribution in [1.29, 1.82) is 0 Å². The van der Waals surface area contributed by atoms with Crippen molar-refractivity contribution in [2.45, 2.75) is 32.6 Å². The number of aryl methyl sites for hydroxylation is 1. The molecular formula is C14H16Cl2N2. The molecule has 0 amide bonds. The molecule has 0 spiro atoms. The van der Waals surface area contributed by atoms with Gasteiger partial charge in [0.2, 0.25) is 0 Å². The number of benzene rings is 1. The van der Waals surface area contributed by atoms with Crippen LogP contribution in [0.5, 0.6) is 0 Å². The molecule has 0 bridgehead atoms. The molecule has 0 fully saturated rings. The summed E-state index contributed by atoms with van der Waals surface area (Å²) in [6, 6.07) is 8.10. The Morgan fingerprint density at radius 1 is 1.33 bits per heavy atom. The van der Waals surface area contributed by atoms with E-state index in [2.05, 4.69) is 25.0 Å². The monoisotopic (exact) mass is 282 g/mol. The lowest BCUT2D eigenvalue weighted by molar-refractivity contribution is 0.765. The fourth-order valence-corrected chi connectivity index (χ4v) is 2.59. The Morgan fingerprint density at radius 2 is 2.06 bits per heavy atom. The molecule has 0 unspecified atom stereocenters. The molecule has 2 nitrogen and oxygen atoms in total. The molecule has 0 radical (unpaired) electrons. The van der Waals surface area contributed by atoms with E-state index in [0.29, 0.717) is 17.0 Å². The molecule has 4 heteroatoms. The zero-order valence-electron chi connectivity index (χ0n) is 10.7. The van der Waals surface area contributed by atoms with Crippen LogP contribution in [0.3, 0.4) is 0 Å². The molecule has 96 valence electrons. The quantitative estimate of drug-likeness (QED) is 0.747. The fraction of sp³-hybridized carbons (Fsp3) is 0.357. The molecule has 1 aromatic carbocycles. The van der Waals surface area contributed by atoms with Gasteiger partial charge in [0.15, 0.2) is 0 Å². The first-order chi connectivity index (χ1) is 8.54. The minimum atomic E-state index is 0.308. The Morgan fingerprint density at radius 3 is 2.56 bits per heavy atom. The lowest BCUT2D eigenvalue weighted by Crippen LogP contribution is -1.98. The molecule has 0 atom stereocenters. The summed E-state index contributed by atoms with van der Waals surface area (Å²) in [5, 5.41) is 5.20. The van der Waals surface area contributed by atoms with Gasteiger partial charge in [0.05, 0.1) is 17.3 Å². The number of alkyl halides is 1. The lowest BCUT2D eigenvalue weighted by atomic mass is 10.1. The average Bonchev–Trinajstić information content (AvgIpc) is 2.66. The molecule has 2 aromatic rings. The second kappa shape index (κ2) is 5.33. The van der Waals surface area contributed by atoms with Crippen LogP contribution in [0.25, 0.3) is 5.69 Å². The van der Waals surface area contributed by atoms with Crippen molar-refractivity contribution in [1.82, 2.24) is 9.78 Å². The molecule has 0 aliphatic carbocycles. The maximum Gasteiger partial charge on any atom is 0.137 e. The lowest BCUT2D eigenvalue weighted by Gasteiger charge is -2.04. The summed E-state index contributed by atoms with van der Waals surface area (Å²) in [4.78, 5) is 0. The zero-order valence-corrected chi connectivity index (χ0v) is 12.3. The van der Waals surface area contributed by atoms with Crippen molar-refractivity contribution in [3.63, 3.8) is 0 Å². The summed E-state index contributed by atoms with van der Waals surface area (Å²) in [7, 11) is 0. The van der Waals surface area contributed by atoms with Gasteiger partial charge in [-0.3, -0.25) is 0 Å². The predicted molar refractivity (Wildman–Crippen MR) is 77.0 cm³/mol. The van der Waals surface area contributed by atoms with E-state index in [0.717, 1.165) is 16.9 Å². The smallest absolute Gasteiger partial charge is 0.137 e. The van der Waals surface area contributed by atoms with E-state index < -0.39 is 0 Å². The van der Waals surface area contributed by atoms with Crippen molar-refractivity contribution >= 4 is 23.2 Å². The number of rotatable bonds is 3. The summed E-state index contributed by atoms with van der Waals surface area (Å²) in [6.07, 6.45) is 0. The van der Waals surface area contributed by atoms with Crippen LogP contribution in [0.4, 0.5) is 0 Å². The highest BCUT2D eigenvalue weighted by molar-refractivity contribution is 6.31. The third-order valence-corrected chi connectivity index (χ3v) is 3.53. The summed E-state index contributed by atoms with van der Waals surface area (Å²) < 4.78 is 1.77. The number of aromatic nitrogens is 2. The van der Waals surface area contributed by atoms with Gasteiger partial charge < -0.3 is 0 Å². The molecular weight excluding hydrogens is 267 g/mol. The van der Waals surface area contributed by atoms with E-state index in [1.54, 1.807) is 4.68 Å². The molecule has 0 aliphatic heterocycles. The highest BCUT2D eigenvalue weighted by Gasteiger charge is 2.18. The van der Waals surface area contributed by atoms with Crippen LogP contribution < -0.4 is 0 Å². The van der Waals surface area contributed by atoms with Gasteiger partial charge in [-0.1, -0.05) is 37.6 Å². The average molecular weight is 283 g/mol. The minimum absolute atomic E-state index is 0.308. The fourth-order valence-electron chi connectivity index (χ4n) is 1.96. The Hall–Kier alpha value is -0.990. The van der Waals surface area contributed by atoms with Gasteiger partial charge in [0.25, 0.3) is 0 Å². The first kappa shape index (κ1) is 13.4. The van der Waals surface area contributed by atoms with E-state index in [4.69, 9.17) is 23.2 Å². The molecule has 2 rings (SSSR count). The zero-order chi connectivity index (χ0) is 13.3. The Bertz CT molecular complexity index is 559. The van der Waals surface area contributed by atoms with Crippen LogP contribution in [0.2, 0.25) is 5.15 Å². The van der Waals surface area contributed by atoms with Crippen LogP contribution in [-0.2, 0) is 5.88 Å². The van der Waals surface area contributed by atoms with Crippen molar-refractivity contribution in [3.05, 3.63) is 46.2 Å². The highest BCUT2D eigenvalue weighted by atomic mass is 35.5. The van der Waals surface area contributed by atoms with E-state index in [9.17, 15) is 0 Å². The van der Waals surface area contributed by atoms with Gasteiger partial charge in [0, 0.05) is 5.56 Å². The maximum atomic E-state index is 6.38. The summed E-state index contributed by atoms with van der Waals surface area (Å²) in [5.74, 6) is 0.695. The normalized spacial score (nSPS) is 11.2. The van der Waals surface area contributed by atoms with E-state index in [1.807, 2.05) is 25.1 Å². The number of hydrogen-bond donors (Lipinski definition) is 0. The minimum Gasteiger partial charge on any atom is -0.222 e. The van der Waals surface area contributed by atoms with Crippen molar-refractivity contribution < 1.29 is 0 Å². The molecule has 0 N–H and O–H groups in total. The molecule has 1 aromatic heterocycles. The predicted octanol–water partition coefficient (Wildman–Crippen LogP) is 4.70. The van der Waals surface area contributed by atoms with Gasteiger partial charge in [-0.05, 0) is 30.5 Å². The molecule has 0 saturated heterocycles. The van der Waals surface area contributed by atoms with Gasteiger partial charge in [-0.2, -0.15) is 5.10 Å². The van der Waals surface area contributed by atoms with Crippen LogP contribution in [0, 0.1) is 6.92 Å². The topological polar surface area (TPSA) is 17.8 Å². The molecule has 1 heterocycles. The van der Waals surface area contributed by atoms with Crippen LogP contribution >= 0.6 is 23.2 Å². The molecule has 0 saturated carbocycles. The number of nitrogens with zero attached hydrogens (tertiary/aromatic N) is 2. The Balaban J connectivity index is 2.59. The Labute approximate surface area is 118 Å². The van der Waals surface area contributed by atoms with Crippen molar-refractivity contribution in [2.75, 3.05) is 0 Å². The van der Waals surface area contributed by atoms with Crippen LogP contribution in [0.1, 0.15) is 36.6 Å². The third-order valence-electron chi connectivity index (χ3n) is 2.88. The molecule has 18 heavy (non-hydrogen) atoms. The van der Waals surface area contributed by atoms with Gasteiger partial charge in [0.1, 0.15) is 5.15 Å². The van der Waals surface area contributed by atoms with E-state index in [1.165, 1.54) is 5.56 Å². The van der Waals surface area contributed by atoms with Crippen molar-refractivity contribution in [3.8, 4) is 5.69 Å². The number of hydrogen-bond acceptors (Lipinski definition) is 1. The highest BCUT2D eigenvalue weighted by Crippen LogP contribution is 2.29. The van der Waals surface area contributed by atoms with Crippen molar-refractivity contribution in [2.24, 2.45) is 0 Å². The van der Waals surface area contributed by atoms with Gasteiger partial charge in [-0.25, -0.2) is 4.68 Å². The standard InChI is InChI=1S/C14H16Cl2N2/c1-9(2)13-12(8-15)14(16)18(17-13)11-6-4-5-10(3)7-11/h4-7,9H,8H2,1-3H3. The van der Waals surface area contributed by atoms with Gasteiger partial charge >= 0.3 is 0 Å². The van der Waals surface area contributed by atoms with Gasteiger partial charge in [-0.15, -0.1) is 11.6 Å². The summed E-state index contributed by atoms with van der Waals surface area (Å²) >= 11 is 12.4. The van der Waals surface area contributed by atoms with E-state index >= 15 is 0 Å². The van der Waals surface area contributed by atoms with Crippen LogP contribution in [-0.4, -0.2) is 9.78 Å². The first-order valence-corrected chi connectivity index (χ1v) is 6.86. The van der Waals surface area contributed by atoms with Crippen LogP contribution in [0.15, 0.2) is 24.3 Å². The summed E-state index contributed by atoms with van der Waals surface area (Å²) in [6.45, 7) is 6.23. The second-order valence-electron chi connectivity index (χ2n) is 4.69. The second-order valence-corrected chi connectivity index (χ2v) is 5.32. The first-order valence-electron chi connectivity index (χ1n) is 5.95.